The van der Waals surface area contributed by atoms with Gasteiger partial charge in [0.2, 0.25) is 5.91 Å². The predicted molar refractivity (Wildman–Crippen MR) is 122 cm³/mol. The summed E-state index contributed by atoms with van der Waals surface area (Å²) in [6.45, 7) is 12.8. The Hall–Kier alpha value is -2.14. The smallest absolute Gasteiger partial charge is 0.257 e. The Balaban J connectivity index is 0.000000717. The third-order valence-corrected chi connectivity index (χ3v) is 4.81. The zero-order valence-corrected chi connectivity index (χ0v) is 18.6. The quantitative estimate of drug-likeness (QED) is 0.277. The van der Waals surface area contributed by atoms with Crippen molar-refractivity contribution < 1.29 is 14.7 Å². The molecular formula is C21H30ClN3O3S. The Bertz CT molecular complexity index is 680. The maximum absolute atomic E-state index is 11.6. The highest BCUT2D eigenvalue weighted by atomic mass is 35.5. The van der Waals surface area contributed by atoms with Gasteiger partial charge in [0.15, 0.2) is 0 Å². The molecule has 0 aromatic heterocycles. The van der Waals surface area contributed by atoms with E-state index in [1.165, 1.54) is 0 Å². The minimum atomic E-state index is -0.701. The summed E-state index contributed by atoms with van der Waals surface area (Å²) in [5, 5.41) is 15.1. The number of aliphatic hydroxyl groups is 1. The Morgan fingerprint density at radius 3 is 2.76 bits per heavy atom. The molecule has 0 aromatic rings. The first-order valence-corrected chi connectivity index (χ1v) is 10.4. The Kier molecular flexibility index (Phi) is 15.5. The summed E-state index contributed by atoms with van der Waals surface area (Å²) in [6.07, 6.45) is 7.78. The number of allylic oxidation sites excluding steroid dienone is 2. The summed E-state index contributed by atoms with van der Waals surface area (Å²) >= 11 is 6.86. The lowest BCUT2D eigenvalue weighted by atomic mass is 10.3. The van der Waals surface area contributed by atoms with E-state index in [-0.39, 0.29) is 23.3 Å². The van der Waals surface area contributed by atoms with Crippen LogP contribution >= 0.6 is 23.4 Å². The molecule has 1 heterocycles. The zero-order valence-electron chi connectivity index (χ0n) is 17.0. The number of nitrogens with one attached hydrogen (secondary N) is 2. The summed E-state index contributed by atoms with van der Waals surface area (Å²) in [6, 6.07) is 0. The van der Waals surface area contributed by atoms with Crippen LogP contribution in [0.1, 0.15) is 26.7 Å². The number of rotatable bonds is 10. The van der Waals surface area contributed by atoms with Crippen LogP contribution in [0.25, 0.3) is 0 Å². The molecule has 3 N–H and O–H groups in total. The molecule has 1 atom stereocenters. The number of carbonyl (C=O) groups excluding carboxylic acids is 2. The summed E-state index contributed by atoms with van der Waals surface area (Å²) in [5.74, 6) is 5.37. The molecule has 0 bridgehead atoms. The number of amides is 2. The minimum Gasteiger partial charge on any atom is -0.389 e. The van der Waals surface area contributed by atoms with Gasteiger partial charge in [-0.05, 0) is 20.3 Å². The molecule has 6 nitrogen and oxygen atoms in total. The van der Waals surface area contributed by atoms with Crippen molar-refractivity contribution in [1.82, 2.24) is 15.5 Å². The molecule has 160 valence electrons. The van der Waals surface area contributed by atoms with E-state index in [0.717, 1.165) is 37.7 Å². The Morgan fingerprint density at radius 2 is 2.21 bits per heavy atom. The first-order valence-electron chi connectivity index (χ1n) is 9.19. The molecule has 0 saturated carbocycles. The van der Waals surface area contributed by atoms with Crippen LogP contribution in [0.15, 0.2) is 46.9 Å². The van der Waals surface area contributed by atoms with Gasteiger partial charge in [0.1, 0.15) is 0 Å². The first-order chi connectivity index (χ1) is 13.8. The third-order valence-electron chi connectivity index (χ3n) is 3.50. The summed E-state index contributed by atoms with van der Waals surface area (Å²) in [7, 11) is 0. The van der Waals surface area contributed by atoms with Gasteiger partial charge < -0.3 is 20.6 Å². The van der Waals surface area contributed by atoms with Gasteiger partial charge in [-0.3, -0.25) is 9.59 Å². The average molecular weight is 440 g/mol. The highest BCUT2D eigenvalue weighted by Gasteiger charge is 2.17. The van der Waals surface area contributed by atoms with Crippen LogP contribution in [-0.2, 0) is 9.59 Å². The molecule has 1 aliphatic heterocycles. The second-order valence-corrected chi connectivity index (χ2v) is 7.62. The van der Waals surface area contributed by atoms with Gasteiger partial charge in [0, 0.05) is 44.9 Å². The highest BCUT2D eigenvalue weighted by Crippen LogP contribution is 2.26. The summed E-state index contributed by atoms with van der Waals surface area (Å²) in [5.41, 5.74) is 0. The second kappa shape index (κ2) is 16.8. The summed E-state index contributed by atoms with van der Waals surface area (Å²) < 4.78 is 0.481. The number of hydrogen-bond acceptors (Lipinski definition) is 5. The fourth-order valence-corrected chi connectivity index (χ4v) is 2.84. The number of aliphatic hydroxyl groups excluding tert-OH is 1. The second-order valence-electron chi connectivity index (χ2n) is 5.85. The van der Waals surface area contributed by atoms with Crippen LogP contribution in [0.2, 0.25) is 0 Å². The molecule has 0 radical (unpaired) electrons. The van der Waals surface area contributed by atoms with Crippen LogP contribution in [0.3, 0.4) is 0 Å². The fourth-order valence-electron chi connectivity index (χ4n) is 2.05. The summed E-state index contributed by atoms with van der Waals surface area (Å²) in [4.78, 5) is 24.6. The topological polar surface area (TPSA) is 81.7 Å². The van der Waals surface area contributed by atoms with E-state index in [1.807, 2.05) is 4.90 Å². The van der Waals surface area contributed by atoms with Crippen LogP contribution in [0.5, 0.6) is 0 Å². The molecule has 1 saturated heterocycles. The average Bonchev–Trinajstić information content (AvgIpc) is 3.11. The molecule has 0 aromatic carbocycles. The minimum absolute atomic E-state index is 0.131. The molecule has 1 fully saturated rings. The van der Waals surface area contributed by atoms with E-state index in [0.29, 0.717) is 10.9 Å². The lowest BCUT2D eigenvalue weighted by Crippen LogP contribution is -2.37. The predicted octanol–water partition coefficient (Wildman–Crippen LogP) is 2.73. The molecule has 1 aliphatic rings. The normalized spacial score (nSPS) is 14.4. The van der Waals surface area contributed by atoms with E-state index < -0.39 is 6.10 Å². The lowest BCUT2D eigenvalue weighted by molar-refractivity contribution is -0.127. The van der Waals surface area contributed by atoms with Crippen molar-refractivity contribution >= 4 is 35.2 Å². The lowest BCUT2D eigenvalue weighted by Gasteiger charge is -2.12. The first kappa shape index (κ1) is 26.9. The van der Waals surface area contributed by atoms with Gasteiger partial charge in [0.25, 0.3) is 5.91 Å². The van der Waals surface area contributed by atoms with Crippen molar-refractivity contribution in [3.63, 3.8) is 0 Å². The van der Waals surface area contributed by atoms with Gasteiger partial charge in [-0.25, -0.2) is 0 Å². The van der Waals surface area contributed by atoms with Crippen molar-refractivity contribution in [3.8, 4) is 11.8 Å². The van der Waals surface area contributed by atoms with Crippen LogP contribution in [0, 0.1) is 11.8 Å². The maximum atomic E-state index is 11.6. The van der Waals surface area contributed by atoms with Crippen molar-refractivity contribution in [2.75, 3.05) is 26.2 Å². The van der Waals surface area contributed by atoms with Gasteiger partial charge in [0.05, 0.1) is 15.4 Å². The molecule has 1 unspecified atom stereocenters. The van der Waals surface area contributed by atoms with Crippen molar-refractivity contribution in [1.29, 1.82) is 0 Å². The number of carbonyl (C=O) groups is 2. The molecule has 8 heteroatoms. The van der Waals surface area contributed by atoms with E-state index in [9.17, 15) is 14.7 Å². The van der Waals surface area contributed by atoms with E-state index in [1.54, 1.807) is 38.3 Å². The van der Waals surface area contributed by atoms with Crippen LogP contribution in [-0.4, -0.2) is 54.1 Å². The highest BCUT2D eigenvalue weighted by molar-refractivity contribution is 8.08. The SMILES string of the molecule is C=C(S/C(Cl)=C\C)C(=O)NCC(O)CN/C=C/C#CC.C=CCN1CCCC1=O. The number of halogens is 1. The number of nitrogens with zero attached hydrogens (tertiary/aromatic N) is 1. The molecule has 29 heavy (non-hydrogen) atoms. The monoisotopic (exact) mass is 439 g/mol. The van der Waals surface area contributed by atoms with E-state index in [4.69, 9.17) is 11.6 Å². The Labute approximate surface area is 183 Å². The number of likely N-dealkylation sites (tertiary alicyclic amines) is 1. The fraction of sp³-hybridized carbons (Fsp3) is 0.429. The van der Waals surface area contributed by atoms with Crippen molar-refractivity contribution in [2.45, 2.75) is 32.8 Å². The van der Waals surface area contributed by atoms with Gasteiger partial charge >= 0.3 is 0 Å². The van der Waals surface area contributed by atoms with Crippen molar-refractivity contribution in [3.05, 3.63) is 46.9 Å². The number of thioether (sulfide) groups is 1. The largest absolute Gasteiger partial charge is 0.389 e. The number of hydrogen-bond donors (Lipinski definition) is 3. The van der Waals surface area contributed by atoms with Crippen molar-refractivity contribution in [2.24, 2.45) is 0 Å². The molecular weight excluding hydrogens is 410 g/mol. The van der Waals surface area contributed by atoms with Crippen LogP contribution < -0.4 is 10.6 Å². The van der Waals surface area contributed by atoms with E-state index in [2.05, 4.69) is 35.6 Å². The van der Waals surface area contributed by atoms with Crippen LogP contribution in [0.4, 0.5) is 0 Å². The Morgan fingerprint density at radius 1 is 1.48 bits per heavy atom. The van der Waals surface area contributed by atoms with Gasteiger partial charge in [-0.1, -0.05) is 48.0 Å². The van der Waals surface area contributed by atoms with Gasteiger partial charge in [-0.15, -0.1) is 12.5 Å². The standard InChI is InChI=1S/C14H19ClN2O2S.C7H11NO/c1-4-6-7-8-16-9-12(18)10-17-14(19)11(3)20-13(15)5-2;1-2-5-8-6-3-4-7(8)9/h5,7-8,12,16,18H,3,9-10H2,1-2H3,(H,17,19);2H,1,3-6H2/b8-7+,13-5-;. The molecule has 0 spiro atoms. The van der Waals surface area contributed by atoms with E-state index >= 15 is 0 Å². The third kappa shape index (κ3) is 13.6. The molecule has 2 amide bonds. The molecule has 1 rings (SSSR count). The zero-order chi connectivity index (χ0) is 22.1. The van der Waals surface area contributed by atoms with Gasteiger partial charge in [-0.2, -0.15) is 0 Å². The maximum Gasteiger partial charge on any atom is 0.257 e. The molecule has 0 aliphatic carbocycles.